The van der Waals surface area contributed by atoms with Crippen molar-refractivity contribution in [2.75, 3.05) is 32.6 Å². The highest BCUT2D eigenvalue weighted by atomic mass is 32.2. The van der Waals surface area contributed by atoms with Gasteiger partial charge in [0.1, 0.15) is 0 Å². The molecule has 0 aromatic heterocycles. The number of hydrogen-bond donors (Lipinski definition) is 2. The fourth-order valence-electron chi connectivity index (χ4n) is 0.739. The van der Waals surface area contributed by atoms with Crippen molar-refractivity contribution < 1.29 is 13.2 Å². The Kier molecular flexibility index (Phi) is 7.08. The third-order valence-electron chi connectivity index (χ3n) is 1.80. The average molecular weight is 224 g/mol. The largest absolute Gasteiger partial charge is 0.381 e. The standard InChI is InChI=1S/C8H20N2O3S/c1-4-13-5-6-14(11,12)10-7-8(2)9-3/h8-10H,4-7H2,1-3H3. The third kappa shape index (κ3) is 7.25. The van der Waals surface area contributed by atoms with Crippen LogP contribution in [0, 0.1) is 0 Å². The first-order valence-corrected chi connectivity index (χ1v) is 6.39. The summed E-state index contributed by atoms with van der Waals surface area (Å²) in [4.78, 5) is 0. The van der Waals surface area contributed by atoms with E-state index in [1.54, 1.807) is 7.05 Å². The minimum atomic E-state index is -3.17. The van der Waals surface area contributed by atoms with Gasteiger partial charge in [-0.25, -0.2) is 13.1 Å². The molecule has 0 rings (SSSR count). The van der Waals surface area contributed by atoms with Crippen LogP contribution >= 0.6 is 0 Å². The van der Waals surface area contributed by atoms with Crippen LogP contribution in [0.3, 0.4) is 0 Å². The van der Waals surface area contributed by atoms with Gasteiger partial charge in [-0.3, -0.25) is 0 Å². The van der Waals surface area contributed by atoms with Crippen LogP contribution in [0.5, 0.6) is 0 Å². The van der Waals surface area contributed by atoms with Crippen LogP contribution in [0.25, 0.3) is 0 Å². The van der Waals surface area contributed by atoms with Gasteiger partial charge in [-0.05, 0) is 20.9 Å². The van der Waals surface area contributed by atoms with E-state index in [-0.39, 0.29) is 18.4 Å². The minimum Gasteiger partial charge on any atom is -0.381 e. The van der Waals surface area contributed by atoms with Crippen LogP contribution < -0.4 is 10.0 Å². The summed E-state index contributed by atoms with van der Waals surface area (Å²) in [5.41, 5.74) is 0. The number of hydrogen-bond acceptors (Lipinski definition) is 4. The summed E-state index contributed by atoms with van der Waals surface area (Å²) < 4.78 is 30.1. The van der Waals surface area contributed by atoms with Crippen LogP contribution in [0.2, 0.25) is 0 Å². The molecule has 1 atom stereocenters. The second kappa shape index (κ2) is 7.17. The molecule has 0 aliphatic carbocycles. The molecule has 2 N–H and O–H groups in total. The summed E-state index contributed by atoms with van der Waals surface area (Å²) in [6, 6.07) is 0.136. The van der Waals surface area contributed by atoms with Crippen LogP contribution in [-0.2, 0) is 14.8 Å². The number of sulfonamides is 1. The van der Waals surface area contributed by atoms with Crippen LogP contribution in [0.1, 0.15) is 13.8 Å². The van der Waals surface area contributed by atoms with E-state index in [9.17, 15) is 8.42 Å². The highest BCUT2D eigenvalue weighted by molar-refractivity contribution is 7.89. The Morgan fingerprint density at radius 3 is 2.57 bits per heavy atom. The number of nitrogens with one attached hydrogen (secondary N) is 2. The lowest BCUT2D eigenvalue weighted by Gasteiger charge is -2.11. The van der Waals surface area contributed by atoms with E-state index in [1.165, 1.54) is 0 Å². The molecule has 0 radical (unpaired) electrons. The van der Waals surface area contributed by atoms with Crippen molar-refractivity contribution in [1.82, 2.24) is 10.0 Å². The van der Waals surface area contributed by atoms with E-state index in [0.29, 0.717) is 13.2 Å². The fraction of sp³-hybridized carbons (Fsp3) is 1.00. The molecule has 6 heteroatoms. The summed E-state index contributed by atoms with van der Waals surface area (Å²) in [5.74, 6) is 0.0251. The molecule has 1 unspecified atom stereocenters. The Bertz CT molecular complexity index is 229. The van der Waals surface area contributed by atoms with Gasteiger partial charge in [-0.1, -0.05) is 0 Å². The molecule has 0 amide bonds. The van der Waals surface area contributed by atoms with Gasteiger partial charge < -0.3 is 10.1 Å². The topological polar surface area (TPSA) is 67.4 Å². The Balaban J connectivity index is 3.73. The van der Waals surface area contributed by atoms with Crippen molar-refractivity contribution in [2.24, 2.45) is 0 Å². The third-order valence-corrected chi connectivity index (χ3v) is 3.11. The zero-order chi connectivity index (χ0) is 11.0. The Labute approximate surface area is 86.3 Å². The highest BCUT2D eigenvalue weighted by Gasteiger charge is 2.10. The second-order valence-corrected chi connectivity index (χ2v) is 4.98. The summed E-state index contributed by atoms with van der Waals surface area (Å²) in [7, 11) is -1.38. The molecule has 0 aromatic rings. The Morgan fingerprint density at radius 1 is 1.43 bits per heavy atom. The SMILES string of the molecule is CCOCCS(=O)(=O)NCC(C)NC. The van der Waals surface area contributed by atoms with Crippen molar-refractivity contribution in [3.05, 3.63) is 0 Å². The van der Waals surface area contributed by atoms with E-state index in [4.69, 9.17) is 4.74 Å². The van der Waals surface area contributed by atoms with Gasteiger partial charge in [0.05, 0.1) is 12.4 Å². The molecule has 0 spiro atoms. The smallest absolute Gasteiger partial charge is 0.213 e. The fourth-order valence-corrected chi connectivity index (χ4v) is 1.72. The van der Waals surface area contributed by atoms with E-state index >= 15 is 0 Å². The van der Waals surface area contributed by atoms with Gasteiger partial charge in [0.2, 0.25) is 10.0 Å². The Morgan fingerprint density at radius 2 is 2.07 bits per heavy atom. The molecule has 0 aliphatic rings. The monoisotopic (exact) mass is 224 g/mol. The predicted molar refractivity (Wildman–Crippen MR) is 56.8 cm³/mol. The molecule has 0 bridgehead atoms. The number of ether oxygens (including phenoxy) is 1. The molecular weight excluding hydrogens is 204 g/mol. The van der Waals surface area contributed by atoms with Crippen LogP contribution in [0.4, 0.5) is 0 Å². The van der Waals surface area contributed by atoms with Gasteiger partial charge in [0, 0.05) is 19.2 Å². The molecule has 14 heavy (non-hydrogen) atoms. The summed E-state index contributed by atoms with van der Waals surface area (Å²) >= 11 is 0. The molecule has 0 saturated heterocycles. The maximum absolute atomic E-state index is 11.3. The van der Waals surface area contributed by atoms with Crippen LogP contribution in [-0.4, -0.2) is 47.0 Å². The normalized spacial score (nSPS) is 14.2. The average Bonchev–Trinajstić information content (AvgIpc) is 2.14. The number of likely N-dealkylation sites (N-methyl/N-ethyl adjacent to an activating group) is 1. The van der Waals surface area contributed by atoms with Crippen molar-refractivity contribution in [2.45, 2.75) is 19.9 Å². The van der Waals surface area contributed by atoms with Crippen molar-refractivity contribution in [3.63, 3.8) is 0 Å². The van der Waals surface area contributed by atoms with E-state index < -0.39 is 10.0 Å². The quantitative estimate of drug-likeness (QED) is 0.548. The predicted octanol–water partition coefficient (Wildman–Crippen LogP) is -0.450. The van der Waals surface area contributed by atoms with Gasteiger partial charge in [-0.15, -0.1) is 0 Å². The molecule has 86 valence electrons. The maximum atomic E-state index is 11.3. The van der Waals surface area contributed by atoms with E-state index in [1.807, 2.05) is 13.8 Å². The highest BCUT2D eigenvalue weighted by Crippen LogP contribution is 1.87. The minimum absolute atomic E-state index is 0.0251. The lowest BCUT2D eigenvalue weighted by Crippen LogP contribution is -2.38. The number of rotatable bonds is 8. The molecular formula is C8H20N2O3S. The summed E-state index contributed by atoms with van der Waals surface area (Å²) in [5, 5.41) is 2.95. The molecule has 0 fully saturated rings. The van der Waals surface area contributed by atoms with Crippen molar-refractivity contribution in [3.8, 4) is 0 Å². The zero-order valence-corrected chi connectivity index (χ0v) is 9.86. The Hall–Kier alpha value is -0.170. The summed E-state index contributed by atoms with van der Waals surface area (Å²) in [6.45, 7) is 4.95. The van der Waals surface area contributed by atoms with Crippen molar-refractivity contribution >= 4 is 10.0 Å². The first kappa shape index (κ1) is 13.8. The van der Waals surface area contributed by atoms with E-state index in [2.05, 4.69) is 10.0 Å². The van der Waals surface area contributed by atoms with Gasteiger partial charge in [0.25, 0.3) is 0 Å². The van der Waals surface area contributed by atoms with Gasteiger partial charge in [-0.2, -0.15) is 0 Å². The zero-order valence-electron chi connectivity index (χ0n) is 9.04. The van der Waals surface area contributed by atoms with E-state index in [0.717, 1.165) is 0 Å². The first-order chi connectivity index (χ1) is 6.52. The van der Waals surface area contributed by atoms with Gasteiger partial charge in [0.15, 0.2) is 0 Å². The maximum Gasteiger partial charge on any atom is 0.213 e. The molecule has 0 saturated carbocycles. The van der Waals surface area contributed by atoms with Crippen molar-refractivity contribution in [1.29, 1.82) is 0 Å². The molecule has 0 heterocycles. The first-order valence-electron chi connectivity index (χ1n) is 4.74. The molecule has 0 aliphatic heterocycles. The summed E-state index contributed by atoms with van der Waals surface area (Å²) in [6.07, 6.45) is 0. The van der Waals surface area contributed by atoms with Gasteiger partial charge >= 0.3 is 0 Å². The lowest BCUT2D eigenvalue weighted by atomic mass is 10.4. The van der Waals surface area contributed by atoms with Crippen LogP contribution in [0.15, 0.2) is 0 Å². The second-order valence-electron chi connectivity index (χ2n) is 3.05. The molecule has 5 nitrogen and oxygen atoms in total. The lowest BCUT2D eigenvalue weighted by molar-refractivity contribution is 0.163. The molecule has 0 aromatic carbocycles.